The van der Waals surface area contributed by atoms with Crippen molar-refractivity contribution in [1.82, 2.24) is 5.32 Å². The zero-order valence-electron chi connectivity index (χ0n) is 7.57. The van der Waals surface area contributed by atoms with Crippen molar-refractivity contribution in [2.75, 3.05) is 6.61 Å². The van der Waals surface area contributed by atoms with Crippen LogP contribution in [0.2, 0.25) is 0 Å². The Bertz CT molecular complexity index is 243. The van der Waals surface area contributed by atoms with Crippen molar-refractivity contribution in [3.63, 3.8) is 0 Å². The number of aliphatic hydroxyl groups excluding tert-OH is 1. The quantitative estimate of drug-likeness (QED) is 0.756. The van der Waals surface area contributed by atoms with Gasteiger partial charge in [-0.3, -0.25) is 0 Å². The van der Waals surface area contributed by atoms with Gasteiger partial charge in [-0.2, -0.15) is 11.3 Å². The van der Waals surface area contributed by atoms with Crippen LogP contribution in [0.1, 0.15) is 30.9 Å². The lowest BCUT2D eigenvalue weighted by atomic mass is 10.1. The van der Waals surface area contributed by atoms with Crippen molar-refractivity contribution >= 4 is 11.3 Å². The maximum atomic E-state index is 8.93. The van der Waals surface area contributed by atoms with E-state index in [0.29, 0.717) is 12.1 Å². The molecule has 2 rings (SSSR count). The van der Waals surface area contributed by atoms with Crippen LogP contribution in [0.3, 0.4) is 0 Å². The van der Waals surface area contributed by atoms with Crippen molar-refractivity contribution < 1.29 is 5.11 Å². The maximum Gasteiger partial charge on any atom is 0.0449 e. The van der Waals surface area contributed by atoms with Gasteiger partial charge in [0.1, 0.15) is 0 Å². The van der Waals surface area contributed by atoms with Gasteiger partial charge in [-0.15, -0.1) is 0 Å². The Balaban J connectivity index is 1.95. The number of hydrogen-bond donors (Lipinski definition) is 2. The predicted molar refractivity (Wildman–Crippen MR) is 54.9 cm³/mol. The average molecular weight is 197 g/mol. The maximum absolute atomic E-state index is 8.93. The molecule has 1 aliphatic rings. The molecule has 0 saturated heterocycles. The summed E-state index contributed by atoms with van der Waals surface area (Å²) in [5.74, 6) is 0. The predicted octanol–water partition coefficient (Wildman–Crippen LogP) is 1.92. The molecule has 1 saturated carbocycles. The molecule has 0 aliphatic heterocycles. The fraction of sp³-hybridized carbons (Fsp3) is 0.600. The van der Waals surface area contributed by atoms with Gasteiger partial charge in [0.15, 0.2) is 0 Å². The molecule has 1 unspecified atom stereocenters. The highest BCUT2D eigenvalue weighted by Crippen LogP contribution is 2.26. The standard InChI is InChI=1S/C10H15NOS/c12-5-3-10(11-9-1-2-9)8-4-6-13-7-8/h4,6-7,9-12H,1-3,5H2. The van der Waals surface area contributed by atoms with E-state index in [9.17, 15) is 0 Å². The first-order chi connectivity index (χ1) is 6.40. The third-order valence-electron chi connectivity index (χ3n) is 2.38. The number of rotatable bonds is 5. The van der Waals surface area contributed by atoms with Crippen molar-refractivity contribution in [2.24, 2.45) is 0 Å². The van der Waals surface area contributed by atoms with Crippen LogP contribution in [0.15, 0.2) is 16.8 Å². The van der Waals surface area contributed by atoms with Gasteiger partial charge in [0.25, 0.3) is 0 Å². The highest BCUT2D eigenvalue weighted by atomic mass is 32.1. The van der Waals surface area contributed by atoms with E-state index in [2.05, 4.69) is 22.1 Å². The van der Waals surface area contributed by atoms with Crippen LogP contribution in [0.4, 0.5) is 0 Å². The largest absolute Gasteiger partial charge is 0.396 e. The Morgan fingerprint density at radius 3 is 3.00 bits per heavy atom. The van der Waals surface area contributed by atoms with E-state index in [1.165, 1.54) is 18.4 Å². The van der Waals surface area contributed by atoms with Gasteiger partial charge in [-0.25, -0.2) is 0 Å². The zero-order valence-corrected chi connectivity index (χ0v) is 8.39. The molecule has 1 aliphatic carbocycles. The lowest BCUT2D eigenvalue weighted by Gasteiger charge is -2.15. The molecule has 1 heterocycles. The van der Waals surface area contributed by atoms with Crippen LogP contribution in [-0.2, 0) is 0 Å². The molecule has 0 spiro atoms. The third kappa shape index (κ3) is 2.53. The Hall–Kier alpha value is -0.380. The summed E-state index contributed by atoms with van der Waals surface area (Å²) < 4.78 is 0. The minimum absolute atomic E-state index is 0.264. The van der Waals surface area contributed by atoms with Gasteiger partial charge in [0.05, 0.1) is 0 Å². The van der Waals surface area contributed by atoms with Crippen LogP contribution < -0.4 is 5.32 Å². The van der Waals surface area contributed by atoms with Crippen LogP contribution in [0, 0.1) is 0 Å². The van der Waals surface area contributed by atoms with Gasteiger partial charge in [-0.1, -0.05) is 0 Å². The summed E-state index contributed by atoms with van der Waals surface area (Å²) in [4.78, 5) is 0. The highest BCUT2D eigenvalue weighted by Gasteiger charge is 2.25. The molecule has 0 radical (unpaired) electrons. The zero-order chi connectivity index (χ0) is 9.10. The molecule has 72 valence electrons. The Kier molecular flexibility index (Phi) is 2.98. The third-order valence-corrected chi connectivity index (χ3v) is 3.08. The SMILES string of the molecule is OCCC(NC1CC1)c1ccsc1. The lowest BCUT2D eigenvalue weighted by Crippen LogP contribution is -2.23. The average Bonchev–Trinajstić information content (AvgIpc) is 2.80. The first-order valence-corrected chi connectivity index (χ1v) is 5.73. The lowest BCUT2D eigenvalue weighted by molar-refractivity contribution is 0.265. The summed E-state index contributed by atoms with van der Waals surface area (Å²) in [5, 5.41) is 16.7. The summed E-state index contributed by atoms with van der Waals surface area (Å²) in [7, 11) is 0. The molecule has 2 nitrogen and oxygen atoms in total. The number of hydrogen-bond acceptors (Lipinski definition) is 3. The monoisotopic (exact) mass is 197 g/mol. The molecule has 0 aromatic carbocycles. The normalized spacial score (nSPS) is 18.8. The van der Waals surface area contributed by atoms with Gasteiger partial charge in [0, 0.05) is 18.7 Å². The van der Waals surface area contributed by atoms with Gasteiger partial charge in [0.2, 0.25) is 0 Å². The molecule has 1 aromatic heterocycles. The van der Waals surface area contributed by atoms with E-state index >= 15 is 0 Å². The summed E-state index contributed by atoms with van der Waals surface area (Å²) in [6.45, 7) is 0.264. The second-order valence-corrected chi connectivity index (χ2v) is 4.34. The smallest absolute Gasteiger partial charge is 0.0449 e. The molecule has 1 atom stereocenters. The van der Waals surface area contributed by atoms with Crippen molar-refractivity contribution in [1.29, 1.82) is 0 Å². The highest BCUT2D eigenvalue weighted by molar-refractivity contribution is 7.07. The van der Waals surface area contributed by atoms with E-state index in [0.717, 1.165) is 6.42 Å². The Morgan fingerprint density at radius 1 is 1.62 bits per heavy atom. The number of thiophene rings is 1. The van der Waals surface area contributed by atoms with Crippen LogP contribution >= 0.6 is 11.3 Å². The second-order valence-electron chi connectivity index (χ2n) is 3.56. The fourth-order valence-corrected chi connectivity index (χ4v) is 2.20. The Morgan fingerprint density at radius 2 is 2.46 bits per heavy atom. The van der Waals surface area contributed by atoms with Crippen molar-refractivity contribution in [3.05, 3.63) is 22.4 Å². The number of nitrogens with one attached hydrogen (secondary N) is 1. The molecule has 0 bridgehead atoms. The van der Waals surface area contributed by atoms with Gasteiger partial charge >= 0.3 is 0 Å². The second kappa shape index (κ2) is 4.22. The van der Waals surface area contributed by atoms with Crippen molar-refractivity contribution in [2.45, 2.75) is 31.3 Å². The number of aliphatic hydroxyl groups is 1. The Labute approximate surface area is 82.6 Å². The molecular formula is C10H15NOS. The molecule has 1 aromatic rings. The molecular weight excluding hydrogens is 182 g/mol. The molecule has 13 heavy (non-hydrogen) atoms. The molecule has 2 N–H and O–H groups in total. The van der Waals surface area contributed by atoms with Gasteiger partial charge < -0.3 is 10.4 Å². The van der Waals surface area contributed by atoms with E-state index in [4.69, 9.17) is 5.11 Å². The fourth-order valence-electron chi connectivity index (χ4n) is 1.48. The topological polar surface area (TPSA) is 32.3 Å². The minimum atomic E-state index is 0.264. The molecule has 1 fully saturated rings. The first-order valence-electron chi connectivity index (χ1n) is 4.79. The summed E-state index contributed by atoms with van der Waals surface area (Å²) in [5.41, 5.74) is 1.32. The first kappa shape index (κ1) is 9.19. The van der Waals surface area contributed by atoms with Crippen molar-refractivity contribution in [3.8, 4) is 0 Å². The van der Waals surface area contributed by atoms with Crippen LogP contribution in [0.5, 0.6) is 0 Å². The summed E-state index contributed by atoms with van der Waals surface area (Å²) in [6, 6.07) is 3.21. The van der Waals surface area contributed by atoms with E-state index in [1.54, 1.807) is 11.3 Å². The summed E-state index contributed by atoms with van der Waals surface area (Å²) in [6.07, 6.45) is 3.42. The van der Waals surface area contributed by atoms with E-state index in [1.807, 2.05) is 0 Å². The van der Waals surface area contributed by atoms with Crippen LogP contribution in [-0.4, -0.2) is 17.8 Å². The summed E-state index contributed by atoms with van der Waals surface area (Å²) >= 11 is 1.72. The van der Waals surface area contributed by atoms with Crippen LogP contribution in [0.25, 0.3) is 0 Å². The molecule has 3 heteroatoms. The van der Waals surface area contributed by atoms with E-state index in [-0.39, 0.29) is 6.61 Å². The van der Waals surface area contributed by atoms with Gasteiger partial charge in [-0.05, 0) is 41.7 Å². The van der Waals surface area contributed by atoms with E-state index < -0.39 is 0 Å². The minimum Gasteiger partial charge on any atom is -0.396 e. The molecule has 0 amide bonds.